The minimum absolute atomic E-state index is 0.0483. The average molecular weight is 386 g/mol. The zero-order valence-corrected chi connectivity index (χ0v) is 15.1. The quantitative estimate of drug-likeness (QED) is 0.667. The van der Waals surface area contributed by atoms with Crippen LogP contribution in [0.25, 0.3) is 11.0 Å². The number of pyridine rings is 1. The van der Waals surface area contributed by atoms with E-state index in [2.05, 4.69) is 15.0 Å². The number of benzene rings is 1. The van der Waals surface area contributed by atoms with E-state index in [1.807, 2.05) is 0 Å². The molecule has 0 saturated heterocycles. The van der Waals surface area contributed by atoms with Crippen molar-refractivity contribution in [3.05, 3.63) is 68.2 Å². The van der Waals surface area contributed by atoms with E-state index >= 15 is 0 Å². The molecule has 1 N–H and O–H groups in total. The highest BCUT2D eigenvalue weighted by molar-refractivity contribution is 6.06. The zero-order chi connectivity index (χ0) is 20.6. The van der Waals surface area contributed by atoms with Gasteiger partial charge in [0.15, 0.2) is 0 Å². The van der Waals surface area contributed by atoms with Gasteiger partial charge in [0.25, 0.3) is 11.5 Å². The third-order valence-electron chi connectivity index (χ3n) is 4.18. The van der Waals surface area contributed by atoms with Gasteiger partial charge in [-0.15, -0.1) is 0 Å². The summed E-state index contributed by atoms with van der Waals surface area (Å²) in [6.45, 7) is 0. The Morgan fingerprint density at radius 3 is 2.54 bits per heavy atom. The van der Waals surface area contributed by atoms with Gasteiger partial charge in [0.1, 0.15) is 11.5 Å². The first-order chi connectivity index (χ1) is 13.2. The van der Waals surface area contributed by atoms with Gasteiger partial charge in [-0.1, -0.05) is 0 Å². The first-order valence-electron chi connectivity index (χ1n) is 7.99. The third kappa shape index (κ3) is 3.15. The number of hydrogen-bond donors (Lipinski definition) is 1. The number of aryl methyl sites for hydroxylation is 1. The number of anilines is 1. The van der Waals surface area contributed by atoms with Gasteiger partial charge in [-0.2, -0.15) is 0 Å². The van der Waals surface area contributed by atoms with Gasteiger partial charge >= 0.3 is 11.7 Å². The van der Waals surface area contributed by atoms with E-state index in [-0.39, 0.29) is 27.8 Å². The van der Waals surface area contributed by atoms with Crippen LogP contribution in [0.5, 0.6) is 0 Å². The molecule has 1 amide bonds. The number of amides is 1. The Kier molecular flexibility index (Phi) is 4.78. The van der Waals surface area contributed by atoms with Gasteiger partial charge in [-0.3, -0.25) is 18.7 Å². The fourth-order valence-corrected chi connectivity index (χ4v) is 2.66. The topological polar surface area (TPSA) is 112 Å². The van der Waals surface area contributed by atoms with Gasteiger partial charge in [0.2, 0.25) is 0 Å². The normalized spacial score (nSPS) is 10.7. The Morgan fingerprint density at radius 1 is 1.14 bits per heavy atom. The summed E-state index contributed by atoms with van der Waals surface area (Å²) >= 11 is 0. The summed E-state index contributed by atoms with van der Waals surface area (Å²) in [7, 11) is 3.90. The first kappa shape index (κ1) is 19.0. The van der Waals surface area contributed by atoms with Crippen LogP contribution in [-0.2, 0) is 18.8 Å². The Hall–Kier alpha value is -3.82. The number of nitrogens with one attached hydrogen (secondary N) is 1. The molecule has 2 aromatic heterocycles. The predicted octanol–water partition coefficient (Wildman–Crippen LogP) is 0.810. The fourth-order valence-electron chi connectivity index (χ4n) is 2.66. The summed E-state index contributed by atoms with van der Waals surface area (Å²) in [4.78, 5) is 52.4. The van der Waals surface area contributed by atoms with E-state index in [0.29, 0.717) is 0 Å². The van der Waals surface area contributed by atoms with E-state index in [1.54, 1.807) is 0 Å². The van der Waals surface area contributed by atoms with Crippen molar-refractivity contribution in [2.45, 2.75) is 0 Å². The van der Waals surface area contributed by atoms with E-state index in [1.165, 1.54) is 37.0 Å². The molecule has 10 heteroatoms. The van der Waals surface area contributed by atoms with Crippen molar-refractivity contribution in [2.24, 2.45) is 14.1 Å². The highest BCUT2D eigenvalue weighted by Crippen LogP contribution is 2.17. The monoisotopic (exact) mass is 386 g/mol. The number of esters is 1. The molecular formula is C18H15FN4O5. The van der Waals surface area contributed by atoms with Crippen LogP contribution in [0, 0.1) is 5.82 Å². The van der Waals surface area contributed by atoms with Crippen LogP contribution in [0.3, 0.4) is 0 Å². The number of nitrogens with zero attached hydrogens (tertiary/aromatic N) is 3. The molecule has 3 aromatic rings. The molecule has 0 saturated carbocycles. The third-order valence-corrected chi connectivity index (χ3v) is 4.18. The van der Waals surface area contributed by atoms with Crippen LogP contribution < -0.4 is 16.6 Å². The lowest BCUT2D eigenvalue weighted by Gasteiger charge is -2.09. The van der Waals surface area contributed by atoms with Crippen molar-refractivity contribution in [1.82, 2.24) is 14.1 Å². The molecule has 0 radical (unpaired) electrons. The molecule has 1 aromatic carbocycles. The number of hydrogen-bond acceptors (Lipinski definition) is 6. The van der Waals surface area contributed by atoms with Crippen molar-refractivity contribution in [1.29, 1.82) is 0 Å². The maximum absolute atomic E-state index is 13.7. The fraction of sp³-hybridized carbons (Fsp3) is 0.167. The van der Waals surface area contributed by atoms with Gasteiger partial charge in [-0.25, -0.2) is 19.0 Å². The smallest absolute Gasteiger partial charge is 0.340 e. The van der Waals surface area contributed by atoms with Crippen LogP contribution in [0.1, 0.15) is 20.7 Å². The number of carbonyl (C=O) groups is 2. The number of aromatic nitrogens is 3. The Bertz CT molecular complexity index is 1250. The molecule has 0 unspecified atom stereocenters. The van der Waals surface area contributed by atoms with Crippen LogP contribution in [0.4, 0.5) is 10.1 Å². The number of rotatable bonds is 3. The second kappa shape index (κ2) is 7.06. The molecule has 3 rings (SSSR count). The number of carbonyl (C=O) groups excluding carboxylic acids is 2. The molecule has 0 atom stereocenters. The number of halogens is 1. The average Bonchev–Trinajstić information content (AvgIpc) is 2.70. The summed E-state index contributed by atoms with van der Waals surface area (Å²) in [6, 6.07) is 4.74. The van der Waals surface area contributed by atoms with E-state index < -0.39 is 28.9 Å². The van der Waals surface area contributed by atoms with Crippen LogP contribution in [-0.4, -0.2) is 33.1 Å². The summed E-state index contributed by atoms with van der Waals surface area (Å²) in [5.74, 6) is -2.31. The standard InChI is InChI=1S/C18H15FN4O5/c1-22-14-12(16(25)23(2)18(22)27)6-9(8-20-14)15(24)21-10-4-5-13(19)11(7-10)17(26)28-3/h4-8H,1-3H3,(H,21,24). The second-order valence-electron chi connectivity index (χ2n) is 5.94. The van der Waals surface area contributed by atoms with Gasteiger partial charge in [-0.05, 0) is 24.3 Å². The van der Waals surface area contributed by atoms with E-state index in [4.69, 9.17) is 0 Å². The van der Waals surface area contributed by atoms with Crippen LogP contribution in [0.15, 0.2) is 40.1 Å². The molecule has 0 aliphatic carbocycles. The van der Waals surface area contributed by atoms with Crippen molar-refractivity contribution < 1.29 is 18.7 Å². The maximum atomic E-state index is 13.7. The summed E-state index contributed by atoms with van der Waals surface area (Å²) in [5.41, 5.74) is -1.12. The van der Waals surface area contributed by atoms with Crippen molar-refractivity contribution >= 4 is 28.6 Å². The highest BCUT2D eigenvalue weighted by atomic mass is 19.1. The Balaban J connectivity index is 2.00. The van der Waals surface area contributed by atoms with Gasteiger partial charge in [0.05, 0.1) is 23.6 Å². The molecule has 0 bridgehead atoms. The molecule has 0 spiro atoms. The van der Waals surface area contributed by atoms with Gasteiger partial charge in [0, 0.05) is 26.0 Å². The summed E-state index contributed by atoms with van der Waals surface area (Å²) in [6.07, 6.45) is 1.21. The summed E-state index contributed by atoms with van der Waals surface area (Å²) < 4.78 is 20.3. The Morgan fingerprint density at radius 2 is 1.86 bits per heavy atom. The van der Waals surface area contributed by atoms with Gasteiger partial charge < -0.3 is 10.1 Å². The molecule has 0 fully saturated rings. The molecule has 28 heavy (non-hydrogen) atoms. The highest BCUT2D eigenvalue weighted by Gasteiger charge is 2.16. The largest absolute Gasteiger partial charge is 0.465 e. The molecule has 9 nitrogen and oxygen atoms in total. The van der Waals surface area contributed by atoms with Crippen LogP contribution >= 0.6 is 0 Å². The molecular weight excluding hydrogens is 371 g/mol. The predicted molar refractivity (Wildman–Crippen MR) is 97.9 cm³/mol. The number of methoxy groups -OCH3 is 1. The maximum Gasteiger partial charge on any atom is 0.340 e. The number of ether oxygens (including phenoxy) is 1. The van der Waals surface area contributed by atoms with E-state index in [9.17, 15) is 23.6 Å². The first-order valence-corrected chi connectivity index (χ1v) is 7.99. The molecule has 0 aliphatic rings. The SMILES string of the molecule is COC(=O)c1cc(NC(=O)c2cnc3c(c2)c(=O)n(C)c(=O)n3C)ccc1F. The lowest BCUT2D eigenvalue weighted by Crippen LogP contribution is -2.37. The van der Waals surface area contributed by atoms with E-state index in [0.717, 1.165) is 23.8 Å². The molecule has 2 heterocycles. The van der Waals surface area contributed by atoms with Crippen molar-refractivity contribution in [2.75, 3.05) is 12.4 Å². The van der Waals surface area contributed by atoms with Crippen molar-refractivity contribution in [3.63, 3.8) is 0 Å². The summed E-state index contributed by atoms with van der Waals surface area (Å²) in [5, 5.41) is 2.59. The zero-order valence-electron chi connectivity index (χ0n) is 15.1. The lowest BCUT2D eigenvalue weighted by molar-refractivity contribution is 0.0595. The second-order valence-corrected chi connectivity index (χ2v) is 5.94. The molecule has 144 valence electrons. The Labute approximate surface area is 157 Å². The van der Waals surface area contributed by atoms with Crippen LogP contribution in [0.2, 0.25) is 0 Å². The minimum Gasteiger partial charge on any atom is -0.465 e. The molecule has 0 aliphatic heterocycles. The minimum atomic E-state index is -0.884. The number of fused-ring (bicyclic) bond motifs is 1. The van der Waals surface area contributed by atoms with Crippen molar-refractivity contribution in [3.8, 4) is 0 Å². The lowest BCUT2D eigenvalue weighted by atomic mass is 10.1.